The van der Waals surface area contributed by atoms with Gasteiger partial charge in [0.1, 0.15) is 12.2 Å². The Bertz CT molecular complexity index is 964. The fourth-order valence-corrected chi connectivity index (χ4v) is 3.08. The van der Waals surface area contributed by atoms with Crippen LogP contribution in [0.4, 0.5) is 5.69 Å². The molecule has 0 saturated carbocycles. The van der Waals surface area contributed by atoms with E-state index in [1.807, 2.05) is 24.3 Å². The molecule has 0 radical (unpaired) electrons. The van der Waals surface area contributed by atoms with Crippen LogP contribution in [0.15, 0.2) is 34.1 Å². The standard InChI is InChI=1S/C18H18N4O4/c23-16(21-5-7-26-8-6-21)11-22-17(24)15(20-18(22)25)9-12-10-19-14-4-2-1-3-13(12)14/h1-4,9-10,24H,5-8,11H2,(H,20,25)/b12-9+. The number of hydrogen-bond donors (Lipinski definition) is 2. The number of carbonyl (C=O) groups excluding carboxylic acids is 1. The lowest BCUT2D eigenvalue weighted by Crippen LogP contribution is -2.43. The predicted octanol–water partition coefficient (Wildman–Crippen LogP) is 0.997. The molecule has 1 amide bonds. The summed E-state index contributed by atoms with van der Waals surface area (Å²) in [5.74, 6) is -0.487. The maximum absolute atomic E-state index is 12.3. The highest BCUT2D eigenvalue weighted by Crippen LogP contribution is 2.32. The quantitative estimate of drug-likeness (QED) is 0.859. The number of aromatic hydroxyl groups is 1. The number of aromatic amines is 1. The lowest BCUT2D eigenvalue weighted by atomic mass is 10.1. The minimum absolute atomic E-state index is 0.213. The zero-order chi connectivity index (χ0) is 18.1. The molecule has 8 heteroatoms. The predicted molar refractivity (Wildman–Crippen MR) is 96.6 cm³/mol. The number of aliphatic imine (C=N–C) groups is 1. The summed E-state index contributed by atoms with van der Waals surface area (Å²) < 4.78 is 6.26. The first-order chi connectivity index (χ1) is 12.6. The number of aromatic nitrogens is 2. The molecule has 1 aromatic carbocycles. The molecule has 1 aromatic heterocycles. The Balaban J connectivity index is 1.60. The van der Waals surface area contributed by atoms with E-state index in [1.54, 1.807) is 17.2 Å². The Kier molecular flexibility index (Phi) is 4.18. The van der Waals surface area contributed by atoms with Crippen molar-refractivity contribution in [3.05, 3.63) is 46.0 Å². The molecule has 2 N–H and O–H groups in total. The number of amides is 1. The van der Waals surface area contributed by atoms with E-state index in [2.05, 4.69) is 9.98 Å². The molecule has 0 unspecified atom stereocenters. The Morgan fingerprint density at radius 2 is 2.08 bits per heavy atom. The molecule has 134 valence electrons. The summed E-state index contributed by atoms with van der Waals surface area (Å²) in [5, 5.41) is 10.4. The van der Waals surface area contributed by atoms with Gasteiger partial charge in [0.05, 0.1) is 18.9 Å². The molecule has 0 aliphatic carbocycles. The van der Waals surface area contributed by atoms with Crippen molar-refractivity contribution in [2.45, 2.75) is 6.54 Å². The van der Waals surface area contributed by atoms with Crippen LogP contribution in [0, 0.1) is 0 Å². The van der Waals surface area contributed by atoms with Crippen molar-refractivity contribution in [1.29, 1.82) is 0 Å². The molecule has 0 spiro atoms. The van der Waals surface area contributed by atoms with Gasteiger partial charge in [-0.25, -0.2) is 4.79 Å². The van der Waals surface area contributed by atoms with Crippen LogP contribution in [0.2, 0.25) is 0 Å². The highest BCUT2D eigenvalue weighted by atomic mass is 16.5. The van der Waals surface area contributed by atoms with Crippen molar-refractivity contribution in [1.82, 2.24) is 14.5 Å². The summed E-state index contributed by atoms with van der Waals surface area (Å²) in [6.45, 7) is 1.73. The fraction of sp³-hybridized carbons (Fsp3) is 0.278. The number of nitrogens with one attached hydrogen (secondary N) is 1. The van der Waals surface area contributed by atoms with Gasteiger partial charge in [0.15, 0.2) is 0 Å². The van der Waals surface area contributed by atoms with E-state index in [-0.39, 0.29) is 24.0 Å². The van der Waals surface area contributed by atoms with Gasteiger partial charge >= 0.3 is 5.69 Å². The number of para-hydroxylation sites is 1. The first-order valence-electron chi connectivity index (χ1n) is 8.36. The van der Waals surface area contributed by atoms with Crippen LogP contribution < -0.4 is 5.69 Å². The summed E-state index contributed by atoms with van der Waals surface area (Å²) in [5.41, 5.74) is 2.26. The Hall–Kier alpha value is -3.13. The first-order valence-corrected chi connectivity index (χ1v) is 8.36. The lowest BCUT2D eigenvalue weighted by Gasteiger charge is -2.26. The van der Waals surface area contributed by atoms with Gasteiger partial charge in [-0.2, -0.15) is 0 Å². The van der Waals surface area contributed by atoms with Crippen molar-refractivity contribution >= 4 is 29.5 Å². The van der Waals surface area contributed by atoms with Crippen LogP contribution in [0.1, 0.15) is 11.3 Å². The maximum atomic E-state index is 12.3. The third-order valence-electron chi connectivity index (χ3n) is 4.50. The summed E-state index contributed by atoms with van der Waals surface area (Å²) >= 11 is 0. The SMILES string of the molecule is O=C(Cn1c(O)c(/C=C2\C=Nc3ccccc32)[nH]c1=O)N1CCOCC1. The van der Waals surface area contributed by atoms with Crippen LogP contribution in [0.25, 0.3) is 11.6 Å². The summed E-state index contributed by atoms with van der Waals surface area (Å²) in [6.07, 6.45) is 3.33. The molecule has 0 bridgehead atoms. The van der Waals surface area contributed by atoms with E-state index in [1.165, 1.54) is 0 Å². The third kappa shape index (κ3) is 2.95. The molecule has 26 heavy (non-hydrogen) atoms. The van der Waals surface area contributed by atoms with Crippen LogP contribution in [0.5, 0.6) is 5.88 Å². The molecule has 2 aliphatic rings. The van der Waals surface area contributed by atoms with Crippen LogP contribution >= 0.6 is 0 Å². The van der Waals surface area contributed by atoms with E-state index >= 15 is 0 Å². The average Bonchev–Trinajstić information content (AvgIpc) is 3.19. The number of H-pyrrole nitrogens is 1. The molecular formula is C18H18N4O4. The molecule has 2 aromatic rings. The Labute approximate surface area is 149 Å². The molecule has 0 atom stereocenters. The third-order valence-corrected chi connectivity index (χ3v) is 4.50. The minimum Gasteiger partial charge on any atom is -0.493 e. The normalized spacial score (nSPS) is 17.7. The smallest absolute Gasteiger partial charge is 0.329 e. The van der Waals surface area contributed by atoms with Crippen molar-refractivity contribution in [3.63, 3.8) is 0 Å². The number of hydrogen-bond acceptors (Lipinski definition) is 5. The second kappa shape index (κ2) is 6.64. The van der Waals surface area contributed by atoms with Gasteiger partial charge in [-0.3, -0.25) is 14.4 Å². The molecular weight excluding hydrogens is 336 g/mol. The molecule has 2 aliphatic heterocycles. The van der Waals surface area contributed by atoms with Gasteiger partial charge in [-0.15, -0.1) is 0 Å². The highest BCUT2D eigenvalue weighted by Gasteiger charge is 2.21. The molecule has 4 rings (SSSR count). The number of carbonyl (C=O) groups is 1. The van der Waals surface area contributed by atoms with Crippen LogP contribution in [-0.4, -0.2) is 58.0 Å². The fourth-order valence-electron chi connectivity index (χ4n) is 3.08. The Morgan fingerprint density at radius 3 is 2.88 bits per heavy atom. The number of ether oxygens (including phenoxy) is 1. The largest absolute Gasteiger partial charge is 0.493 e. The number of benzene rings is 1. The van der Waals surface area contributed by atoms with E-state index in [4.69, 9.17) is 4.74 Å². The van der Waals surface area contributed by atoms with Crippen molar-refractivity contribution in [2.75, 3.05) is 26.3 Å². The van der Waals surface area contributed by atoms with E-state index in [9.17, 15) is 14.7 Å². The second-order valence-electron chi connectivity index (χ2n) is 6.12. The van der Waals surface area contributed by atoms with Crippen molar-refractivity contribution < 1.29 is 14.6 Å². The van der Waals surface area contributed by atoms with E-state index < -0.39 is 5.69 Å². The molecule has 8 nitrogen and oxygen atoms in total. The molecule has 3 heterocycles. The van der Waals surface area contributed by atoms with Gasteiger partial charge in [0, 0.05) is 30.4 Å². The molecule has 1 saturated heterocycles. The lowest BCUT2D eigenvalue weighted by molar-refractivity contribution is -0.136. The number of fused-ring (bicyclic) bond motifs is 1. The number of nitrogens with zero attached hydrogens (tertiary/aromatic N) is 3. The zero-order valence-corrected chi connectivity index (χ0v) is 14.0. The monoisotopic (exact) mass is 354 g/mol. The molecule has 1 fully saturated rings. The number of rotatable bonds is 3. The summed E-state index contributed by atoms with van der Waals surface area (Å²) in [4.78, 5) is 33.1. The second-order valence-corrected chi connectivity index (χ2v) is 6.12. The van der Waals surface area contributed by atoms with Gasteiger partial charge in [-0.1, -0.05) is 18.2 Å². The number of morpholine rings is 1. The van der Waals surface area contributed by atoms with Gasteiger partial charge in [0.2, 0.25) is 11.8 Å². The van der Waals surface area contributed by atoms with Gasteiger partial charge in [-0.05, 0) is 12.1 Å². The summed E-state index contributed by atoms with van der Waals surface area (Å²) in [6, 6.07) is 7.60. The van der Waals surface area contributed by atoms with Gasteiger partial charge in [0.25, 0.3) is 0 Å². The van der Waals surface area contributed by atoms with Crippen molar-refractivity contribution in [3.8, 4) is 5.88 Å². The minimum atomic E-state index is -0.529. The maximum Gasteiger partial charge on any atom is 0.329 e. The van der Waals surface area contributed by atoms with Crippen LogP contribution in [-0.2, 0) is 16.1 Å². The average molecular weight is 354 g/mol. The van der Waals surface area contributed by atoms with Gasteiger partial charge < -0.3 is 19.7 Å². The Morgan fingerprint density at radius 1 is 1.31 bits per heavy atom. The van der Waals surface area contributed by atoms with Crippen molar-refractivity contribution in [2.24, 2.45) is 4.99 Å². The zero-order valence-electron chi connectivity index (χ0n) is 14.0. The number of allylic oxidation sites excluding steroid dienone is 1. The highest BCUT2D eigenvalue weighted by molar-refractivity contribution is 6.21. The first kappa shape index (κ1) is 16.3. The number of imidazole rings is 1. The van der Waals surface area contributed by atoms with Crippen LogP contribution in [0.3, 0.4) is 0 Å². The summed E-state index contributed by atoms with van der Waals surface area (Å²) in [7, 11) is 0. The van der Waals surface area contributed by atoms with E-state index in [0.717, 1.165) is 21.4 Å². The van der Waals surface area contributed by atoms with E-state index in [0.29, 0.717) is 26.3 Å². The topological polar surface area (TPSA) is 99.9 Å².